The highest BCUT2D eigenvalue weighted by Crippen LogP contribution is 2.35. The van der Waals surface area contributed by atoms with Crippen LogP contribution in [0.15, 0.2) is 42.5 Å². The Kier molecular flexibility index (Phi) is 3.00. The van der Waals surface area contributed by atoms with Crippen molar-refractivity contribution >= 4 is 21.8 Å². The molecule has 2 heteroatoms. The van der Waals surface area contributed by atoms with Crippen molar-refractivity contribution in [1.82, 2.24) is 9.47 Å². The Morgan fingerprint density at radius 3 is 2.62 bits per heavy atom. The molecule has 1 atom stereocenters. The third-order valence-corrected chi connectivity index (χ3v) is 5.02. The second-order valence-electron chi connectivity index (χ2n) is 6.18. The topological polar surface area (TPSA) is 8.17 Å². The molecule has 4 rings (SSSR count). The van der Waals surface area contributed by atoms with E-state index in [4.69, 9.17) is 0 Å². The number of nitrogens with zero attached hydrogens (tertiary/aromatic N) is 2. The molecule has 2 aromatic carbocycles. The van der Waals surface area contributed by atoms with Crippen molar-refractivity contribution in [3.63, 3.8) is 0 Å². The standard InChI is InChI=1S/C19H22N2/c1-3-21-18-8-5-4-7-15(18)16-13-14(10-11-19(16)21)17-9-6-12-20(17)2/h4-5,7-8,10-11,13,17H,3,6,9,12H2,1-2H3. The summed E-state index contributed by atoms with van der Waals surface area (Å²) >= 11 is 0. The summed E-state index contributed by atoms with van der Waals surface area (Å²) in [4.78, 5) is 2.49. The van der Waals surface area contributed by atoms with Crippen molar-refractivity contribution in [2.75, 3.05) is 13.6 Å². The van der Waals surface area contributed by atoms with E-state index in [9.17, 15) is 0 Å². The maximum Gasteiger partial charge on any atom is 0.0491 e. The molecule has 1 fully saturated rings. The maximum absolute atomic E-state index is 2.49. The molecule has 0 amide bonds. The molecular formula is C19H22N2. The van der Waals surface area contributed by atoms with Crippen LogP contribution in [0.4, 0.5) is 0 Å². The predicted octanol–water partition coefficient (Wildman–Crippen LogP) is 4.58. The molecule has 0 N–H and O–H groups in total. The lowest BCUT2D eigenvalue weighted by Gasteiger charge is -2.20. The number of fused-ring (bicyclic) bond motifs is 3. The van der Waals surface area contributed by atoms with E-state index >= 15 is 0 Å². The van der Waals surface area contributed by atoms with Crippen molar-refractivity contribution in [2.45, 2.75) is 32.4 Å². The lowest BCUT2D eigenvalue weighted by molar-refractivity contribution is 0.317. The molecule has 0 saturated carbocycles. The molecule has 2 heterocycles. The average Bonchev–Trinajstić information content (AvgIpc) is 3.08. The molecule has 2 nitrogen and oxygen atoms in total. The first-order valence-electron chi connectivity index (χ1n) is 8.00. The number of hydrogen-bond donors (Lipinski definition) is 0. The molecular weight excluding hydrogens is 256 g/mol. The lowest BCUT2D eigenvalue weighted by atomic mass is 10.0. The number of likely N-dealkylation sites (tertiary alicyclic amines) is 1. The molecule has 108 valence electrons. The Balaban J connectivity index is 1.97. The molecule has 21 heavy (non-hydrogen) atoms. The smallest absolute Gasteiger partial charge is 0.0491 e. The fourth-order valence-corrected chi connectivity index (χ4v) is 3.95. The largest absolute Gasteiger partial charge is 0.341 e. The molecule has 0 bridgehead atoms. The van der Waals surface area contributed by atoms with Gasteiger partial charge in [-0.25, -0.2) is 0 Å². The quantitative estimate of drug-likeness (QED) is 0.666. The van der Waals surface area contributed by atoms with Crippen LogP contribution < -0.4 is 0 Å². The third-order valence-electron chi connectivity index (χ3n) is 5.02. The van der Waals surface area contributed by atoms with Crippen LogP contribution in [0.1, 0.15) is 31.4 Å². The summed E-state index contributed by atoms with van der Waals surface area (Å²) in [6.45, 7) is 4.47. The van der Waals surface area contributed by atoms with Crippen LogP contribution in [0.2, 0.25) is 0 Å². The summed E-state index contributed by atoms with van der Waals surface area (Å²) in [6.07, 6.45) is 2.60. The Morgan fingerprint density at radius 1 is 1.05 bits per heavy atom. The molecule has 1 aliphatic rings. The summed E-state index contributed by atoms with van der Waals surface area (Å²) in [6, 6.07) is 16.5. The zero-order chi connectivity index (χ0) is 14.4. The predicted molar refractivity (Wildman–Crippen MR) is 89.7 cm³/mol. The minimum absolute atomic E-state index is 0.595. The highest BCUT2D eigenvalue weighted by atomic mass is 15.1. The monoisotopic (exact) mass is 278 g/mol. The van der Waals surface area contributed by atoms with E-state index in [-0.39, 0.29) is 0 Å². The van der Waals surface area contributed by atoms with Gasteiger partial charge in [0.1, 0.15) is 0 Å². The van der Waals surface area contributed by atoms with Gasteiger partial charge in [0, 0.05) is 34.4 Å². The number of aromatic nitrogens is 1. The zero-order valence-electron chi connectivity index (χ0n) is 12.8. The van der Waals surface area contributed by atoms with Gasteiger partial charge in [0.2, 0.25) is 0 Å². The van der Waals surface area contributed by atoms with Crippen molar-refractivity contribution in [3.8, 4) is 0 Å². The maximum atomic E-state index is 2.49. The fraction of sp³-hybridized carbons (Fsp3) is 0.368. The number of para-hydroxylation sites is 1. The van der Waals surface area contributed by atoms with Gasteiger partial charge >= 0.3 is 0 Å². The van der Waals surface area contributed by atoms with Gasteiger partial charge in [0.25, 0.3) is 0 Å². The molecule has 1 unspecified atom stereocenters. The first-order chi connectivity index (χ1) is 10.3. The summed E-state index contributed by atoms with van der Waals surface area (Å²) in [5.74, 6) is 0. The second-order valence-corrected chi connectivity index (χ2v) is 6.18. The van der Waals surface area contributed by atoms with E-state index in [1.54, 1.807) is 0 Å². The Hall–Kier alpha value is -1.80. The van der Waals surface area contributed by atoms with Gasteiger partial charge in [-0.1, -0.05) is 24.3 Å². The minimum Gasteiger partial charge on any atom is -0.341 e. The fourth-order valence-electron chi connectivity index (χ4n) is 3.95. The molecule has 0 spiro atoms. The normalized spacial score (nSPS) is 19.8. The van der Waals surface area contributed by atoms with Crippen molar-refractivity contribution in [2.24, 2.45) is 0 Å². The van der Waals surface area contributed by atoms with Crippen LogP contribution in [0, 0.1) is 0 Å². The number of aryl methyl sites for hydroxylation is 1. The zero-order valence-corrected chi connectivity index (χ0v) is 12.8. The lowest BCUT2D eigenvalue weighted by Crippen LogP contribution is -2.17. The summed E-state index contributed by atoms with van der Waals surface area (Å²) in [7, 11) is 2.25. The molecule has 3 aromatic rings. The number of hydrogen-bond acceptors (Lipinski definition) is 1. The van der Waals surface area contributed by atoms with Gasteiger partial charge in [-0.2, -0.15) is 0 Å². The minimum atomic E-state index is 0.595. The number of rotatable bonds is 2. The average molecular weight is 278 g/mol. The third kappa shape index (κ3) is 1.90. The molecule has 1 aromatic heterocycles. The van der Waals surface area contributed by atoms with Crippen molar-refractivity contribution in [3.05, 3.63) is 48.0 Å². The van der Waals surface area contributed by atoms with Crippen LogP contribution in [0.3, 0.4) is 0 Å². The van der Waals surface area contributed by atoms with Crippen LogP contribution in [0.5, 0.6) is 0 Å². The van der Waals surface area contributed by atoms with Gasteiger partial charge in [-0.15, -0.1) is 0 Å². The van der Waals surface area contributed by atoms with Gasteiger partial charge < -0.3 is 4.57 Å². The summed E-state index contributed by atoms with van der Waals surface area (Å²) < 4.78 is 2.42. The van der Waals surface area contributed by atoms with E-state index in [1.807, 2.05) is 0 Å². The first-order valence-corrected chi connectivity index (χ1v) is 8.00. The van der Waals surface area contributed by atoms with Gasteiger partial charge in [-0.05, 0) is 57.1 Å². The first kappa shape index (κ1) is 12.9. The number of benzene rings is 2. The highest BCUT2D eigenvalue weighted by molar-refractivity contribution is 6.08. The second kappa shape index (κ2) is 4.88. The molecule has 1 saturated heterocycles. The Bertz CT molecular complexity index is 800. The molecule has 1 aliphatic heterocycles. The van der Waals surface area contributed by atoms with E-state index in [0.717, 1.165) is 6.54 Å². The molecule has 0 aliphatic carbocycles. The SMILES string of the molecule is CCn1c2ccccc2c2cc(C3CCCN3C)ccc21. The van der Waals surface area contributed by atoms with E-state index < -0.39 is 0 Å². The summed E-state index contributed by atoms with van der Waals surface area (Å²) in [5, 5.41) is 2.79. The van der Waals surface area contributed by atoms with Crippen molar-refractivity contribution in [1.29, 1.82) is 0 Å². The van der Waals surface area contributed by atoms with Gasteiger partial charge in [0.05, 0.1) is 0 Å². The Morgan fingerprint density at radius 2 is 1.86 bits per heavy atom. The van der Waals surface area contributed by atoms with Crippen molar-refractivity contribution < 1.29 is 0 Å². The van der Waals surface area contributed by atoms with Crippen LogP contribution in [-0.4, -0.2) is 23.1 Å². The summed E-state index contributed by atoms with van der Waals surface area (Å²) in [5.41, 5.74) is 4.19. The van der Waals surface area contributed by atoms with Gasteiger partial charge in [-0.3, -0.25) is 4.90 Å². The van der Waals surface area contributed by atoms with E-state index in [2.05, 4.69) is 65.9 Å². The van der Waals surface area contributed by atoms with Crippen LogP contribution >= 0.6 is 0 Å². The Labute approximate surface area is 126 Å². The van der Waals surface area contributed by atoms with Crippen LogP contribution in [0.25, 0.3) is 21.8 Å². The van der Waals surface area contributed by atoms with Gasteiger partial charge in [0.15, 0.2) is 0 Å². The van der Waals surface area contributed by atoms with E-state index in [0.29, 0.717) is 6.04 Å². The highest BCUT2D eigenvalue weighted by Gasteiger charge is 2.23. The molecule has 0 radical (unpaired) electrons. The van der Waals surface area contributed by atoms with Crippen LogP contribution in [-0.2, 0) is 6.54 Å². The van der Waals surface area contributed by atoms with E-state index in [1.165, 1.54) is 46.8 Å².